The largest absolute Gasteiger partial charge is 0.490 e. The molecule has 0 aliphatic carbocycles. The smallest absolute Gasteiger partial charge is 0.376 e. The molecule has 1 aliphatic rings. The molecule has 0 bridgehead atoms. The van der Waals surface area contributed by atoms with Crippen molar-refractivity contribution in [1.29, 1.82) is 0 Å². The maximum absolute atomic E-state index is 12.3. The Balaban J connectivity index is 2.18. The zero-order valence-corrected chi connectivity index (χ0v) is 20.1. The monoisotopic (exact) mass is 549 g/mol. The second-order valence-electron chi connectivity index (χ2n) is 6.46. The van der Waals surface area contributed by atoms with Gasteiger partial charge in [0, 0.05) is 19.2 Å². The molecule has 7 N–H and O–H groups in total. The molecule has 5 atom stereocenters. The lowest BCUT2D eigenvalue weighted by molar-refractivity contribution is -0.0592. The molecule has 192 valence electrons. The van der Waals surface area contributed by atoms with Crippen molar-refractivity contribution in [1.82, 2.24) is 9.55 Å². The van der Waals surface area contributed by atoms with Crippen molar-refractivity contribution in [2.45, 2.75) is 31.8 Å². The van der Waals surface area contributed by atoms with Crippen LogP contribution in [0.4, 0.5) is 0 Å². The van der Waals surface area contributed by atoms with E-state index in [2.05, 4.69) is 30.0 Å². The molecule has 0 radical (unpaired) electrons. The average molecular weight is 549 g/mol. The van der Waals surface area contributed by atoms with Crippen LogP contribution in [0, 0.1) is 11.8 Å². The van der Waals surface area contributed by atoms with Gasteiger partial charge in [0.2, 0.25) is 0 Å². The first-order chi connectivity index (χ1) is 15.7. The summed E-state index contributed by atoms with van der Waals surface area (Å²) in [5.74, 6) is 4.97. The van der Waals surface area contributed by atoms with E-state index in [0.29, 0.717) is 0 Å². The Morgan fingerprint density at radius 2 is 1.88 bits per heavy atom. The van der Waals surface area contributed by atoms with E-state index in [4.69, 9.17) is 25.0 Å². The Morgan fingerprint density at radius 3 is 2.47 bits per heavy atom. The van der Waals surface area contributed by atoms with Crippen molar-refractivity contribution in [3.8, 4) is 11.8 Å². The van der Waals surface area contributed by atoms with E-state index in [9.17, 15) is 33.1 Å². The van der Waals surface area contributed by atoms with Gasteiger partial charge in [0.15, 0.2) is 0 Å². The van der Waals surface area contributed by atoms with Gasteiger partial charge in [-0.1, -0.05) is 11.8 Å². The maximum Gasteiger partial charge on any atom is 0.490 e. The Labute approximate surface area is 191 Å². The quantitative estimate of drug-likeness (QED) is 0.149. The summed E-state index contributed by atoms with van der Waals surface area (Å²) in [4.78, 5) is 62.2. The van der Waals surface area contributed by atoms with E-state index in [1.54, 1.807) is 6.92 Å². The first-order valence-corrected chi connectivity index (χ1v) is 13.8. The normalized spacial score (nSPS) is 24.1. The summed E-state index contributed by atoms with van der Waals surface area (Å²) in [5, 5.41) is 0. The number of nitrogens with zero attached hydrogens (tertiary/aromatic N) is 1. The third kappa shape index (κ3) is 8.63. The average Bonchev–Trinajstić information content (AvgIpc) is 3.06. The molecule has 1 fully saturated rings. The van der Waals surface area contributed by atoms with Crippen LogP contribution in [0.3, 0.4) is 0 Å². The Morgan fingerprint density at radius 1 is 1.21 bits per heavy atom. The number of H-pyrrole nitrogens is 1. The number of nitrogens with two attached hydrogens (primary N) is 1. The second kappa shape index (κ2) is 11.5. The molecule has 0 aromatic carbocycles. The van der Waals surface area contributed by atoms with E-state index in [1.165, 1.54) is 0 Å². The van der Waals surface area contributed by atoms with Crippen molar-refractivity contribution in [3.63, 3.8) is 0 Å². The number of nitrogens with one attached hydrogen (secondary N) is 1. The number of phosphoric acid groups is 3. The number of ether oxygens (including phenoxy) is 2. The fourth-order valence-corrected chi connectivity index (χ4v) is 5.85. The molecule has 1 aromatic rings. The highest BCUT2D eigenvalue weighted by molar-refractivity contribution is 7.66. The van der Waals surface area contributed by atoms with Crippen molar-refractivity contribution in [2.24, 2.45) is 5.73 Å². The van der Waals surface area contributed by atoms with Gasteiger partial charge in [-0.05, 0) is 6.92 Å². The number of hydrogen-bond acceptors (Lipinski definition) is 11. The molecule has 3 unspecified atom stereocenters. The summed E-state index contributed by atoms with van der Waals surface area (Å²) in [6, 6.07) is 0. The molecule has 1 aliphatic heterocycles. The highest BCUT2D eigenvalue weighted by Gasteiger charge is 2.43. The highest BCUT2D eigenvalue weighted by Crippen LogP contribution is 2.66. The summed E-state index contributed by atoms with van der Waals surface area (Å²) in [6.45, 7) is 0.996. The van der Waals surface area contributed by atoms with Gasteiger partial charge in [0.1, 0.15) is 17.9 Å². The molecular formula is C14H22N3O14P3. The van der Waals surface area contributed by atoms with Gasteiger partial charge in [-0.3, -0.25) is 18.9 Å². The second-order valence-corrected chi connectivity index (χ2v) is 10.9. The van der Waals surface area contributed by atoms with Crippen LogP contribution in [-0.4, -0.2) is 61.1 Å². The third-order valence-electron chi connectivity index (χ3n) is 3.98. The highest BCUT2D eigenvalue weighted by atomic mass is 31.3. The minimum atomic E-state index is -5.69. The van der Waals surface area contributed by atoms with Crippen LogP contribution in [0.2, 0.25) is 0 Å². The molecule has 20 heteroatoms. The van der Waals surface area contributed by atoms with Crippen LogP contribution in [0.1, 0.15) is 25.1 Å². The first kappa shape index (κ1) is 28.8. The lowest BCUT2D eigenvalue weighted by Gasteiger charge is -2.21. The molecule has 1 saturated heterocycles. The summed E-state index contributed by atoms with van der Waals surface area (Å²) in [6.07, 6.45) is -1.79. The molecule has 0 saturated carbocycles. The number of aromatic nitrogens is 2. The van der Waals surface area contributed by atoms with E-state index >= 15 is 0 Å². The van der Waals surface area contributed by atoms with Crippen molar-refractivity contribution in [3.05, 3.63) is 32.6 Å². The van der Waals surface area contributed by atoms with Gasteiger partial charge in [0.25, 0.3) is 5.56 Å². The van der Waals surface area contributed by atoms with E-state index in [0.717, 1.165) is 10.8 Å². The SMILES string of the molecule is CCOC1C[C@H](n2cc(C#CCN)c(=O)[nH]c2=O)O[C@@H]1COP(=O)(O)OP(=O)(O)OP(=O)(O)O. The third-order valence-corrected chi connectivity index (χ3v) is 7.78. The van der Waals surface area contributed by atoms with Gasteiger partial charge in [-0.2, -0.15) is 8.62 Å². The predicted molar refractivity (Wildman–Crippen MR) is 111 cm³/mol. The summed E-state index contributed by atoms with van der Waals surface area (Å²) in [7, 11) is -16.6. The molecule has 0 amide bonds. The fraction of sp³-hybridized carbons (Fsp3) is 0.571. The minimum absolute atomic E-state index is 0.0218. The van der Waals surface area contributed by atoms with Crippen LogP contribution >= 0.6 is 23.5 Å². The van der Waals surface area contributed by atoms with Crippen LogP contribution in [0.15, 0.2) is 15.8 Å². The van der Waals surface area contributed by atoms with Gasteiger partial charge < -0.3 is 34.8 Å². The first-order valence-electron chi connectivity index (χ1n) is 9.26. The molecule has 17 nitrogen and oxygen atoms in total. The topological polar surface area (TPSA) is 259 Å². The Bertz CT molecular complexity index is 1200. The van der Waals surface area contributed by atoms with Crippen molar-refractivity contribution in [2.75, 3.05) is 19.8 Å². The molecule has 1 aromatic heterocycles. The van der Waals surface area contributed by atoms with Crippen molar-refractivity contribution >= 4 is 23.5 Å². The number of rotatable bonds is 10. The van der Waals surface area contributed by atoms with Crippen LogP contribution < -0.4 is 17.0 Å². The fourth-order valence-electron chi connectivity index (χ4n) is 2.82. The van der Waals surface area contributed by atoms with E-state index < -0.39 is 59.8 Å². The van der Waals surface area contributed by atoms with E-state index in [1.807, 2.05) is 0 Å². The van der Waals surface area contributed by atoms with Gasteiger partial charge >= 0.3 is 29.2 Å². The van der Waals surface area contributed by atoms with Gasteiger partial charge in [-0.25, -0.2) is 18.5 Å². The van der Waals surface area contributed by atoms with Crippen LogP contribution in [0.25, 0.3) is 0 Å². The zero-order valence-electron chi connectivity index (χ0n) is 17.4. The van der Waals surface area contributed by atoms with Gasteiger partial charge in [0.05, 0.1) is 19.3 Å². The summed E-state index contributed by atoms with van der Waals surface area (Å²) < 4.78 is 58.1. The summed E-state index contributed by atoms with van der Waals surface area (Å²) in [5.41, 5.74) is 3.63. The summed E-state index contributed by atoms with van der Waals surface area (Å²) >= 11 is 0. The number of phosphoric ester groups is 1. The maximum atomic E-state index is 12.3. The molecular weight excluding hydrogens is 527 g/mol. The zero-order chi connectivity index (χ0) is 25.7. The Kier molecular flexibility index (Phi) is 9.74. The lowest BCUT2D eigenvalue weighted by Crippen LogP contribution is -2.33. The Hall–Kier alpha value is -1.47. The van der Waals surface area contributed by atoms with E-state index in [-0.39, 0.29) is 25.1 Å². The van der Waals surface area contributed by atoms with Crippen LogP contribution in [-0.2, 0) is 36.3 Å². The van der Waals surface area contributed by atoms with Crippen molar-refractivity contribution < 1.29 is 55.9 Å². The number of aromatic amines is 1. The van der Waals surface area contributed by atoms with Gasteiger partial charge in [-0.15, -0.1) is 0 Å². The van der Waals surface area contributed by atoms with Crippen LogP contribution in [0.5, 0.6) is 0 Å². The lowest BCUT2D eigenvalue weighted by atomic mass is 10.2. The standard InChI is InChI=1S/C14H22N3O14P3/c1-2-27-10-6-12(17-7-9(4-3-5-15)13(18)16-14(17)19)29-11(10)8-28-33(23,24)31-34(25,26)30-32(20,21)22/h7,10-12H,2,5-6,8,15H2,1H3,(H,23,24)(H,25,26)(H,16,18,19)(H2,20,21,22)/t10?,11-,12-/m1/s1. The minimum Gasteiger partial charge on any atom is -0.376 e. The molecule has 2 heterocycles. The molecule has 0 spiro atoms. The number of hydrogen-bond donors (Lipinski definition) is 6. The molecule has 2 rings (SSSR count). The molecule has 34 heavy (non-hydrogen) atoms. The predicted octanol–water partition coefficient (Wildman–Crippen LogP) is -1.12.